The van der Waals surface area contributed by atoms with Gasteiger partial charge in [0.25, 0.3) is 0 Å². The molecule has 32 heavy (non-hydrogen) atoms. The summed E-state index contributed by atoms with van der Waals surface area (Å²) in [6, 6.07) is 15.7. The van der Waals surface area contributed by atoms with Crippen molar-refractivity contribution in [2.75, 3.05) is 0 Å². The molecule has 0 amide bonds. The van der Waals surface area contributed by atoms with E-state index < -0.39 is 0 Å². The molecule has 0 radical (unpaired) electrons. The highest BCUT2D eigenvalue weighted by molar-refractivity contribution is 5.97. The molecule has 0 atom stereocenters. The maximum Gasteiger partial charge on any atom is 0.178 e. The number of nitrogens with one attached hydrogen (secondary N) is 2. The van der Waals surface area contributed by atoms with Crippen LogP contribution in [0.25, 0.3) is 55.8 Å². The van der Waals surface area contributed by atoms with Crippen LogP contribution in [-0.4, -0.2) is 35.2 Å². The zero-order valence-corrected chi connectivity index (χ0v) is 16.5. The molecule has 0 bridgehead atoms. The van der Waals surface area contributed by atoms with Crippen molar-refractivity contribution in [3.8, 4) is 39.5 Å². The summed E-state index contributed by atoms with van der Waals surface area (Å²) in [5, 5.41) is 18.1. The first-order chi connectivity index (χ1) is 15.7. The number of aromatic hydroxyl groups is 1. The summed E-state index contributed by atoms with van der Waals surface area (Å²) in [6.45, 7) is 0. The highest BCUT2D eigenvalue weighted by atomic mass is 19.1. The topological polar surface area (TPSA) is 103 Å². The van der Waals surface area contributed by atoms with Gasteiger partial charge in [-0.2, -0.15) is 5.10 Å². The lowest BCUT2D eigenvalue weighted by molar-refractivity contribution is 0.473. The van der Waals surface area contributed by atoms with E-state index in [9.17, 15) is 9.50 Å². The predicted molar refractivity (Wildman–Crippen MR) is 119 cm³/mol. The van der Waals surface area contributed by atoms with E-state index in [0.29, 0.717) is 17.2 Å². The fourth-order valence-corrected chi connectivity index (χ4v) is 3.85. The Morgan fingerprint density at radius 2 is 1.72 bits per heavy atom. The standard InChI is InChI=1S/C24H15FN6O/c25-16-4-1-13(2-5-16)18-7-8-27-23-21(18)28-24(29-23)22-19-10-14(3-6-20(19)30-31-22)15-9-17(32)12-26-11-15/h1-12,32H,(H,30,31)(H,27,28,29). The van der Waals surface area contributed by atoms with E-state index in [-0.39, 0.29) is 11.6 Å². The molecule has 0 spiro atoms. The number of benzene rings is 2. The third-order valence-corrected chi connectivity index (χ3v) is 5.39. The molecule has 0 aliphatic heterocycles. The third kappa shape index (κ3) is 2.97. The maximum absolute atomic E-state index is 13.4. The molecule has 4 heterocycles. The van der Waals surface area contributed by atoms with Crippen molar-refractivity contribution in [1.82, 2.24) is 30.1 Å². The first kappa shape index (κ1) is 18.2. The van der Waals surface area contributed by atoms with Gasteiger partial charge >= 0.3 is 0 Å². The van der Waals surface area contributed by atoms with Gasteiger partial charge < -0.3 is 10.1 Å². The van der Waals surface area contributed by atoms with Crippen LogP contribution < -0.4 is 0 Å². The first-order valence-electron chi connectivity index (χ1n) is 9.89. The van der Waals surface area contributed by atoms with Crippen LogP contribution >= 0.6 is 0 Å². The molecule has 6 aromatic rings. The highest BCUT2D eigenvalue weighted by Gasteiger charge is 2.16. The average molecular weight is 422 g/mol. The first-order valence-corrected chi connectivity index (χ1v) is 9.89. The molecule has 0 saturated heterocycles. The molecule has 0 aliphatic carbocycles. The molecule has 0 fully saturated rings. The second kappa shape index (κ2) is 6.98. The molecule has 3 N–H and O–H groups in total. The van der Waals surface area contributed by atoms with Crippen molar-refractivity contribution in [2.24, 2.45) is 0 Å². The predicted octanol–water partition coefficient (Wildman–Crippen LogP) is 5.07. The second-order valence-corrected chi connectivity index (χ2v) is 7.41. The van der Waals surface area contributed by atoms with Gasteiger partial charge in [0.05, 0.1) is 17.2 Å². The highest BCUT2D eigenvalue weighted by Crippen LogP contribution is 2.33. The summed E-state index contributed by atoms with van der Waals surface area (Å²) in [6.07, 6.45) is 4.77. The zero-order valence-electron chi connectivity index (χ0n) is 16.5. The molecule has 0 saturated carbocycles. The number of hydrogen-bond acceptors (Lipinski definition) is 5. The van der Waals surface area contributed by atoms with Crippen LogP contribution in [0.15, 0.2) is 73.2 Å². The van der Waals surface area contributed by atoms with E-state index in [1.807, 2.05) is 24.3 Å². The molecule has 4 aromatic heterocycles. The fourth-order valence-electron chi connectivity index (χ4n) is 3.85. The molecule has 154 valence electrons. The Morgan fingerprint density at radius 1 is 0.875 bits per heavy atom. The van der Waals surface area contributed by atoms with Gasteiger partial charge in [0.2, 0.25) is 0 Å². The van der Waals surface area contributed by atoms with Crippen LogP contribution in [0.2, 0.25) is 0 Å². The summed E-state index contributed by atoms with van der Waals surface area (Å²) in [5.74, 6) is 0.385. The van der Waals surface area contributed by atoms with E-state index in [0.717, 1.165) is 38.7 Å². The van der Waals surface area contributed by atoms with Gasteiger partial charge in [-0.3, -0.25) is 10.1 Å². The molecule has 2 aromatic carbocycles. The second-order valence-electron chi connectivity index (χ2n) is 7.41. The van der Waals surface area contributed by atoms with Gasteiger partial charge in [0.1, 0.15) is 17.3 Å². The minimum Gasteiger partial charge on any atom is -0.506 e. The van der Waals surface area contributed by atoms with E-state index in [4.69, 9.17) is 0 Å². The molecule has 7 nitrogen and oxygen atoms in total. The van der Waals surface area contributed by atoms with Crippen LogP contribution in [0.1, 0.15) is 0 Å². The Labute approximate surface area is 180 Å². The number of halogens is 1. The van der Waals surface area contributed by atoms with Crippen molar-refractivity contribution in [2.45, 2.75) is 0 Å². The number of rotatable bonds is 3. The summed E-state index contributed by atoms with van der Waals surface area (Å²) in [7, 11) is 0. The number of H-pyrrole nitrogens is 2. The summed E-state index contributed by atoms with van der Waals surface area (Å²) in [5.41, 5.74) is 6.22. The van der Waals surface area contributed by atoms with Crippen molar-refractivity contribution in [1.29, 1.82) is 0 Å². The fraction of sp³-hybridized carbons (Fsp3) is 0. The summed E-state index contributed by atoms with van der Waals surface area (Å²) in [4.78, 5) is 16.4. The Bertz CT molecular complexity index is 1600. The molecular formula is C24H15FN6O. The SMILES string of the molecule is Oc1cncc(-c2ccc3[nH]nc(-c4nc5nccc(-c6ccc(F)cc6)c5[nH]4)c3c2)c1. The van der Waals surface area contributed by atoms with Crippen LogP contribution in [0.5, 0.6) is 5.75 Å². The van der Waals surface area contributed by atoms with Crippen molar-refractivity contribution < 1.29 is 9.50 Å². The number of aromatic amines is 2. The van der Waals surface area contributed by atoms with E-state index in [1.54, 1.807) is 30.6 Å². The van der Waals surface area contributed by atoms with Crippen molar-refractivity contribution >= 4 is 22.1 Å². The third-order valence-electron chi connectivity index (χ3n) is 5.39. The monoisotopic (exact) mass is 422 g/mol. The Morgan fingerprint density at radius 3 is 2.56 bits per heavy atom. The van der Waals surface area contributed by atoms with Crippen LogP contribution in [0, 0.1) is 5.82 Å². The smallest absolute Gasteiger partial charge is 0.178 e. The lowest BCUT2D eigenvalue weighted by atomic mass is 10.0. The van der Waals surface area contributed by atoms with Gasteiger partial charge in [0.15, 0.2) is 11.5 Å². The van der Waals surface area contributed by atoms with Gasteiger partial charge in [-0.25, -0.2) is 14.4 Å². The summed E-state index contributed by atoms with van der Waals surface area (Å²) >= 11 is 0. The number of nitrogens with zero attached hydrogens (tertiary/aromatic N) is 4. The molecule has 0 aliphatic rings. The van der Waals surface area contributed by atoms with E-state index in [1.165, 1.54) is 18.3 Å². The minimum absolute atomic E-state index is 0.103. The van der Waals surface area contributed by atoms with Crippen LogP contribution in [0.4, 0.5) is 4.39 Å². The minimum atomic E-state index is -0.287. The number of imidazole rings is 1. The van der Waals surface area contributed by atoms with Gasteiger partial charge in [-0.1, -0.05) is 18.2 Å². The number of pyridine rings is 2. The van der Waals surface area contributed by atoms with Crippen LogP contribution in [0.3, 0.4) is 0 Å². The number of hydrogen-bond donors (Lipinski definition) is 3. The van der Waals surface area contributed by atoms with Crippen molar-refractivity contribution in [3.63, 3.8) is 0 Å². The summed E-state index contributed by atoms with van der Waals surface area (Å²) < 4.78 is 13.4. The molecule has 8 heteroatoms. The van der Waals surface area contributed by atoms with Crippen molar-refractivity contribution in [3.05, 3.63) is 79.0 Å². The van der Waals surface area contributed by atoms with Gasteiger partial charge in [-0.15, -0.1) is 0 Å². The number of aromatic nitrogens is 6. The quantitative estimate of drug-likeness (QED) is 0.369. The Kier molecular flexibility index (Phi) is 3.97. The maximum atomic E-state index is 13.4. The Hall–Kier alpha value is -4.59. The largest absolute Gasteiger partial charge is 0.506 e. The zero-order chi connectivity index (χ0) is 21.7. The number of fused-ring (bicyclic) bond motifs is 2. The Balaban J connectivity index is 1.50. The van der Waals surface area contributed by atoms with Gasteiger partial charge in [-0.05, 0) is 47.5 Å². The average Bonchev–Trinajstić information content (AvgIpc) is 3.43. The molecule has 6 rings (SSSR count). The van der Waals surface area contributed by atoms with E-state index >= 15 is 0 Å². The van der Waals surface area contributed by atoms with Crippen LogP contribution in [-0.2, 0) is 0 Å². The normalized spacial score (nSPS) is 11.4. The molecular weight excluding hydrogens is 407 g/mol. The lowest BCUT2D eigenvalue weighted by Gasteiger charge is -2.03. The lowest BCUT2D eigenvalue weighted by Crippen LogP contribution is -1.84. The van der Waals surface area contributed by atoms with E-state index in [2.05, 4.69) is 30.1 Å². The molecule has 0 unspecified atom stereocenters. The van der Waals surface area contributed by atoms with Gasteiger partial charge in [0, 0.05) is 28.9 Å².